The van der Waals surface area contributed by atoms with Gasteiger partial charge in [0.15, 0.2) is 0 Å². The Labute approximate surface area is 128 Å². The number of thioether (sulfide) groups is 1. The summed E-state index contributed by atoms with van der Waals surface area (Å²) < 4.78 is 5.72. The van der Waals surface area contributed by atoms with E-state index in [2.05, 4.69) is 63.5 Å². The Hall–Kier alpha value is -0.670. The van der Waals surface area contributed by atoms with Gasteiger partial charge in [0.1, 0.15) is 5.75 Å². The van der Waals surface area contributed by atoms with Crippen LogP contribution in [-0.2, 0) is 0 Å². The molecule has 0 aromatic heterocycles. The molecule has 1 rings (SSSR count). The molecule has 0 saturated carbocycles. The van der Waals surface area contributed by atoms with Gasteiger partial charge in [0.05, 0.1) is 6.61 Å². The van der Waals surface area contributed by atoms with Crippen LogP contribution in [0.5, 0.6) is 5.75 Å². The van der Waals surface area contributed by atoms with Crippen LogP contribution in [0, 0.1) is 5.92 Å². The zero-order valence-corrected chi connectivity index (χ0v) is 14.3. The third kappa shape index (κ3) is 6.19. The standard InChI is InChI=1S/C17H29NOS/c1-6-16(12-20-5)18-14(4)15-7-9-17(10-8-15)19-11-13(2)3/h7-10,13-14,16,18H,6,11-12H2,1-5H3. The van der Waals surface area contributed by atoms with Gasteiger partial charge in [-0.3, -0.25) is 0 Å². The number of ether oxygens (including phenoxy) is 1. The first-order chi connectivity index (χ1) is 9.56. The van der Waals surface area contributed by atoms with Gasteiger partial charge in [-0.25, -0.2) is 0 Å². The Bertz CT molecular complexity index is 364. The summed E-state index contributed by atoms with van der Waals surface area (Å²) in [5.41, 5.74) is 1.32. The molecule has 3 heteroatoms. The number of hydrogen-bond acceptors (Lipinski definition) is 3. The molecule has 0 amide bonds. The van der Waals surface area contributed by atoms with Crippen LogP contribution >= 0.6 is 11.8 Å². The average Bonchev–Trinajstić information content (AvgIpc) is 2.45. The highest BCUT2D eigenvalue weighted by Crippen LogP contribution is 2.19. The van der Waals surface area contributed by atoms with Gasteiger partial charge in [-0.05, 0) is 43.2 Å². The molecule has 20 heavy (non-hydrogen) atoms. The minimum absolute atomic E-state index is 0.381. The lowest BCUT2D eigenvalue weighted by molar-refractivity contribution is 0.271. The zero-order valence-electron chi connectivity index (χ0n) is 13.5. The summed E-state index contributed by atoms with van der Waals surface area (Å²) in [7, 11) is 0. The molecular formula is C17H29NOS. The van der Waals surface area contributed by atoms with E-state index >= 15 is 0 Å². The van der Waals surface area contributed by atoms with Crippen molar-refractivity contribution in [2.75, 3.05) is 18.6 Å². The molecule has 2 atom stereocenters. The molecule has 0 saturated heterocycles. The molecule has 2 nitrogen and oxygen atoms in total. The van der Waals surface area contributed by atoms with Gasteiger partial charge in [-0.15, -0.1) is 0 Å². The molecule has 0 aliphatic heterocycles. The SMILES string of the molecule is CCC(CSC)NC(C)c1ccc(OCC(C)C)cc1. The van der Waals surface area contributed by atoms with Crippen molar-refractivity contribution in [1.82, 2.24) is 5.32 Å². The monoisotopic (exact) mass is 295 g/mol. The van der Waals surface area contributed by atoms with Crippen molar-refractivity contribution in [1.29, 1.82) is 0 Å². The van der Waals surface area contributed by atoms with Gasteiger partial charge in [-0.2, -0.15) is 11.8 Å². The van der Waals surface area contributed by atoms with E-state index in [0.29, 0.717) is 18.0 Å². The molecule has 0 bridgehead atoms. The van der Waals surface area contributed by atoms with Crippen molar-refractivity contribution in [3.63, 3.8) is 0 Å². The van der Waals surface area contributed by atoms with E-state index in [1.807, 2.05) is 11.8 Å². The molecule has 0 aliphatic carbocycles. The van der Waals surface area contributed by atoms with Crippen molar-refractivity contribution in [2.45, 2.75) is 46.2 Å². The second-order valence-electron chi connectivity index (χ2n) is 5.72. The normalized spacial score (nSPS) is 14.3. The molecule has 2 unspecified atom stereocenters. The summed E-state index contributed by atoms with van der Waals surface area (Å²) in [4.78, 5) is 0. The van der Waals surface area contributed by atoms with Crippen LogP contribution < -0.4 is 10.1 Å². The predicted molar refractivity (Wildman–Crippen MR) is 90.8 cm³/mol. The Morgan fingerprint density at radius 3 is 2.30 bits per heavy atom. The lowest BCUT2D eigenvalue weighted by Gasteiger charge is -2.22. The Morgan fingerprint density at radius 2 is 1.80 bits per heavy atom. The van der Waals surface area contributed by atoms with Crippen LogP contribution in [0.25, 0.3) is 0 Å². The van der Waals surface area contributed by atoms with Crippen molar-refractivity contribution in [2.24, 2.45) is 5.92 Å². The molecule has 114 valence electrons. The molecule has 0 heterocycles. The first-order valence-corrected chi connectivity index (χ1v) is 8.93. The molecule has 1 aromatic carbocycles. The predicted octanol–water partition coefficient (Wildman–Crippen LogP) is 4.51. The maximum absolute atomic E-state index is 5.72. The van der Waals surface area contributed by atoms with Crippen LogP contribution in [0.2, 0.25) is 0 Å². The van der Waals surface area contributed by atoms with Gasteiger partial charge >= 0.3 is 0 Å². The van der Waals surface area contributed by atoms with Gasteiger partial charge < -0.3 is 10.1 Å². The molecular weight excluding hydrogens is 266 g/mol. The van der Waals surface area contributed by atoms with Crippen molar-refractivity contribution in [3.8, 4) is 5.75 Å². The van der Waals surface area contributed by atoms with Crippen LogP contribution in [0.15, 0.2) is 24.3 Å². The van der Waals surface area contributed by atoms with Crippen molar-refractivity contribution < 1.29 is 4.74 Å². The molecule has 1 N–H and O–H groups in total. The van der Waals surface area contributed by atoms with Crippen LogP contribution in [-0.4, -0.2) is 24.7 Å². The maximum Gasteiger partial charge on any atom is 0.119 e. The summed E-state index contributed by atoms with van der Waals surface area (Å²) in [6.45, 7) is 9.57. The zero-order chi connectivity index (χ0) is 15.0. The Kier molecular flexibility index (Phi) is 8.08. The van der Waals surface area contributed by atoms with E-state index in [4.69, 9.17) is 4.74 Å². The van der Waals surface area contributed by atoms with Crippen LogP contribution in [0.1, 0.15) is 45.7 Å². The highest BCUT2D eigenvalue weighted by atomic mass is 32.2. The number of nitrogens with one attached hydrogen (secondary N) is 1. The Balaban J connectivity index is 2.54. The summed E-state index contributed by atoms with van der Waals surface area (Å²) in [5, 5.41) is 3.69. The van der Waals surface area contributed by atoms with Gasteiger partial charge in [-0.1, -0.05) is 32.9 Å². The summed E-state index contributed by atoms with van der Waals surface area (Å²) in [5.74, 6) is 2.69. The van der Waals surface area contributed by atoms with E-state index in [0.717, 1.165) is 18.1 Å². The highest BCUT2D eigenvalue weighted by Gasteiger charge is 2.11. The Morgan fingerprint density at radius 1 is 1.15 bits per heavy atom. The molecule has 0 radical (unpaired) electrons. The van der Waals surface area contributed by atoms with Crippen molar-refractivity contribution >= 4 is 11.8 Å². The quantitative estimate of drug-likeness (QED) is 0.724. The van der Waals surface area contributed by atoms with E-state index in [1.165, 1.54) is 12.0 Å². The minimum Gasteiger partial charge on any atom is -0.493 e. The molecule has 0 spiro atoms. The van der Waals surface area contributed by atoms with Gasteiger partial charge in [0.2, 0.25) is 0 Å². The van der Waals surface area contributed by atoms with E-state index in [1.54, 1.807) is 0 Å². The lowest BCUT2D eigenvalue weighted by Crippen LogP contribution is -2.32. The van der Waals surface area contributed by atoms with Crippen LogP contribution in [0.4, 0.5) is 0 Å². The third-order valence-electron chi connectivity index (χ3n) is 3.31. The fraction of sp³-hybridized carbons (Fsp3) is 0.647. The van der Waals surface area contributed by atoms with E-state index < -0.39 is 0 Å². The fourth-order valence-corrected chi connectivity index (χ4v) is 2.78. The van der Waals surface area contributed by atoms with E-state index in [-0.39, 0.29) is 0 Å². The van der Waals surface area contributed by atoms with Crippen molar-refractivity contribution in [3.05, 3.63) is 29.8 Å². The summed E-state index contributed by atoms with van der Waals surface area (Å²) in [6.07, 6.45) is 3.33. The smallest absolute Gasteiger partial charge is 0.119 e. The maximum atomic E-state index is 5.72. The highest BCUT2D eigenvalue weighted by molar-refractivity contribution is 7.98. The first-order valence-electron chi connectivity index (χ1n) is 7.54. The molecule has 0 fully saturated rings. The van der Waals surface area contributed by atoms with Gasteiger partial charge in [0, 0.05) is 17.8 Å². The lowest BCUT2D eigenvalue weighted by atomic mass is 10.1. The number of benzene rings is 1. The second-order valence-corrected chi connectivity index (χ2v) is 6.63. The molecule has 0 aliphatic rings. The summed E-state index contributed by atoms with van der Waals surface area (Å²) in [6, 6.07) is 9.44. The number of rotatable bonds is 9. The number of hydrogen-bond donors (Lipinski definition) is 1. The van der Waals surface area contributed by atoms with E-state index in [9.17, 15) is 0 Å². The van der Waals surface area contributed by atoms with Gasteiger partial charge in [0.25, 0.3) is 0 Å². The topological polar surface area (TPSA) is 21.3 Å². The fourth-order valence-electron chi connectivity index (χ4n) is 2.05. The third-order valence-corrected chi connectivity index (χ3v) is 4.05. The minimum atomic E-state index is 0.381. The second kappa shape index (κ2) is 9.30. The summed E-state index contributed by atoms with van der Waals surface area (Å²) >= 11 is 1.90. The molecule has 1 aromatic rings. The van der Waals surface area contributed by atoms with Crippen LogP contribution in [0.3, 0.4) is 0 Å². The first kappa shape index (κ1) is 17.4. The average molecular weight is 295 g/mol. The largest absolute Gasteiger partial charge is 0.493 e.